The molecule has 1 heterocycles. The Kier molecular flexibility index (Phi) is 4.60. The number of thioether (sulfide) groups is 1. The molecule has 1 atom stereocenters. The van der Waals surface area contributed by atoms with E-state index in [1.807, 2.05) is 42.1 Å². The molecule has 1 aliphatic rings. The number of benzene rings is 1. The van der Waals surface area contributed by atoms with Crippen LogP contribution in [0.1, 0.15) is 20.3 Å². The highest BCUT2D eigenvalue weighted by molar-refractivity contribution is 7.99. The summed E-state index contributed by atoms with van der Waals surface area (Å²) in [5.41, 5.74) is 1.47. The van der Waals surface area contributed by atoms with Crippen molar-refractivity contribution in [1.82, 2.24) is 0 Å². The van der Waals surface area contributed by atoms with E-state index in [9.17, 15) is 0 Å². The van der Waals surface area contributed by atoms with Crippen LogP contribution in [0.25, 0.3) is 0 Å². The summed E-state index contributed by atoms with van der Waals surface area (Å²) < 4.78 is 5.32. The molecule has 0 aromatic heterocycles. The van der Waals surface area contributed by atoms with E-state index in [1.165, 1.54) is 12.2 Å². The third-order valence-corrected chi connectivity index (χ3v) is 4.74. The van der Waals surface area contributed by atoms with E-state index < -0.39 is 0 Å². The molecule has 3 nitrogen and oxygen atoms in total. The smallest absolute Gasteiger partial charge is 0.174 e. The summed E-state index contributed by atoms with van der Waals surface area (Å²) in [6.07, 6.45) is 1.18. The molecule has 4 heteroatoms. The van der Waals surface area contributed by atoms with Crippen molar-refractivity contribution >= 4 is 17.4 Å². The lowest BCUT2D eigenvalue weighted by Crippen LogP contribution is -2.35. The fraction of sp³-hybridized carbons (Fsp3) is 0.533. The first-order chi connectivity index (χ1) is 9.09. The molecule has 1 N–H and O–H groups in total. The van der Waals surface area contributed by atoms with E-state index in [0.29, 0.717) is 11.5 Å². The minimum atomic E-state index is 0.0930. The maximum absolute atomic E-state index is 8.52. The van der Waals surface area contributed by atoms with Crippen LogP contribution >= 0.6 is 11.8 Å². The number of hydrogen-bond donors (Lipinski definition) is 1. The zero-order valence-corrected chi connectivity index (χ0v) is 12.3. The molecular formula is C15H20N2OS. The van der Waals surface area contributed by atoms with Crippen molar-refractivity contribution in [3.8, 4) is 11.8 Å². The number of nitrogens with zero attached hydrogens (tertiary/aromatic N) is 1. The Hall–Kier alpha value is -1.34. The number of nitriles is 1. The molecule has 1 aromatic rings. The quantitative estimate of drug-likeness (QED) is 0.913. The summed E-state index contributed by atoms with van der Waals surface area (Å²) in [6.45, 7) is 4.73. The fourth-order valence-electron chi connectivity index (χ4n) is 2.38. The van der Waals surface area contributed by atoms with E-state index >= 15 is 0 Å². The zero-order valence-electron chi connectivity index (χ0n) is 11.5. The summed E-state index contributed by atoms with van der Waals surface area (Å²) >= 11 is 2.01. The van der Waals surface area contributed by atoms with Gasteiger partial charge in [-0.25, -0.2) is 0 Å². The standard InChI is InChI=1S/C15H20N2OS/c1-15(2)9-13(10-19-11-15)17-12-4-3-5-14(8-12)18-7-6-16/h3-5,8,13,17H,7,9-11H2,1-2H3. The van der Waals surface area contributed by atoms with Crippen molar-refractivity contribution in [3.63, 3.8) is 0 Å². The summed E-state index contributed by atoms with van der Waals surface area (Å²) in [6, 6.07) is 10.3. The monoisotopic (exact) mass is 276 g/mol. The van der Waals surface area contributed by atoms with E-state index in [0.717, 1.165) is 17.2 Å². The van der Waals surface area contributed by atoms with Gasteiger partial charge in [0.25, 0.3) is 0 Å². The SMILES string of the molecule is CC1(C)CSCC(Nc2cccc(OCC#N)c2)C1. The van der Waals surface area contributed by atoms with Crippen molar-refractivity contribution in [3.05, 3.63) is 24.3 Å². The van der Waals surface area contributed by atoms with Gasteiger partial charge in [-0.15, -0.1) is 0 Å². The highest BCUT2D eigenvalue weighted by Gasteiger charge is 2.28. The zero-order chi connectivity index (χ0) is 13.7. The van der Waals surface area contributed by atoms with Gasteiger partial charge in [-0.1, -0.05) is 19.9 Å². The first-order valence-electron chi connectivity index (χ1n) is 6.53. The number of anilines is 1. The van der Waals surface area contributed by atoms with E-state index in [2.05, 4.69) is 19.2 Å². The highest BCUT2D eigenvalue weighted by atomic mass is 32.2. The van der Waals surface area contributed by atoms with E-state index in [-0.39, 0.29) is 6.61 Å². The van der Waals surface area contributed by atoms with Crippen LogP contribution in [0.15, 0.2) is 24.3 Å². The third-order valence-electron chi connectivity index (χ3n) is 3.12. The van der Waals surface area contributed by atoms with Crippen LogP contribution in [-0.2, 0) is 0 Å². The molecule has 1 aromatic carbocycles. The van der Waals surface area contributed by atoms with E-state index in [1.54, 1.807) is 0 Å². The lowest BCUT2D eigenvalue weighted by Gasteiger charge is -2.35. The van der Waals surface area contributed by atoms with Crippen molar-refractivity contribution < 1.29 is 4.74 Å². The molecule has 0 radical (unpaired) electrons. The van der Waals surface area contributed by atoms with Gasteiger partial charge in [-0.3, -0.25) is 0 Å². The van der Waals surface area contributed by atoms with Crippen LogP contribution in [-0.4, -0.2) is 24.2 Å². The Morgan fingerprint density at radius 3 is 3.11 bits per heavy atom. The molecule has 1 saturated heterocycles. The van der Waals surface area contributed by atoms with Gasteiger partial charge in [0.05, 0.1) is 0 Å². The molecule has 19 heavy (non-hydrogen) atoms. The van der Waals surface area contributed by atoms with Gasteiger partial charge in [0.2, 0.25) is 0 Å². The van der Waals surface area contributed by atoms with Crippen LogP contribution < -0.4 is 10.1 Å². The van der Waals surface area contributed by atoms with Crippen LogP contribution in [0.2, 0.25) is 0 Å². The van der Waals surface area contributed by atoms with Crippen LogP contribution in [0.3, 0.4) is 0 Å². The maximum Gasteiger partial charge on any atom is 0.174 e. The number of ether oxygens (including phenoxy) is 1. The lowest BCUT2D eigenvalue weighted by molar-refractivity contribution is 0.357. The molecule has 1 aliphatic heterocycles. The van der Waals surface area contributed by atoms with Crippen molar-refractivity contribution in [1.29, 1.82) is 5.26 Å². The summed E-state index contributed by atoms with van der Waals surface area (Å²) in [5, 5.41) is 12.1. The van der Waals surface area contributed by atoms with Gasteiger partial charge < -0.3 is 10.1 Å². The first-order valence-corrected chi connectivity index (χ1v) is 7.69. The second kappa shape index (κ2) is 6.21. The molecule has 1 unspecified atom stereocenters. The Bertz CT molecular complexity index is 467. The molecule has 2 rings (SSSR count). The number of rotatable bonds is 4. The molecule has 1 fully saturated rings. The molecule has 0 saturated carbocycles. The molecule has 0 spiro atoms. The maximum atomic E-state index is 8.52. The minimum absolute atomic E-state index is 0.0930. The van der Waals surface area contributed by atoms with Gasteiger partial charge >= 0.3 is 0 Å². The largest absolute Gasteiger partial charge is 0.479 e. The molecule has 0 amide bonds. The predicted molar refractivity (Wildman–Crippen MR) is 80.7 cm³/mol. The molecule has 0 aliphatic carbocycles. The first kappa shape index (κ1) is 14.1. The van der Waals surface area contributed by atoms with Crippen LogP contribution in [0.5, 0.6) is 5.75 Å². The van der Waals surface area contributed by atoms with Crippen molar-refractivity contribution in [2.24, 2.45) is 5.41 Å². The predicted octanol–water partition coefficient (Wildman–Crippen LogP) is 3.53. The molecule has 102 valence electrons. The second-order valence-corrected chi connectivity index (χ2v) is 6.73. The second-order valence-electron chi connectivity index (χ2n) is 5.70. The van der Waals surface area contributed by atoms with Gasteiger partial charge in [-0.05, 0) is 29.7 Å². The summed E-state index contributed by atoms with van der Waals surface area (Å²) in [7, 11) is 0. The summed E-state index contributed by atoms with van der Waals surface area (Å²) in [5.74, 6) is 3.12. The van der Waals surface area contributed by atoms with Gasteiger partial charge in [-0.2, -0.15) is 17.0 Å². The normalized spacial score (nSPS) is 21.4. The third kappa shape index (κ3) is 4.36. The van der Waals surface area contributed by atoms with Gasteiger partial charge in [0.1, 0.15) is 11.8 Å². The number of nitrogens with one attached hydrogen (secondary N) is 1. The molecule has 0 bridgehead atoms. The Labute approximate surface area is 119 Å². The Morgan fingerprint density at radius 2 is 2.37 bits per heavy atom. The Balaban J connectivity index is 1.97. The topological polar surface area (TPSA) is 45.0 Å². The van der Waals surface area contributed by atoms with Gasteiger partial charge in [0.15, 0.2) is 6.61 Å². The fourth-order valence-corrected chi connectivity index (χ4v) is 3.66. The van der Waals surface area contributed by atoms with Crippen molar-refractivity contribution in [2.75, 3.05) is 23.4 Å². The van der Waals surface area contributed by atoms with E-state index in [4.69, 9.17) is 10.00 Å². The van der Waals surface area contributed by atoms with Crippen LogP contribution in [0.4, 0.5) is 5.69 Å². The average Bonchev–Trinajstić information content (AvgIpc) is 2.35. The minimum Gasteiger partial charge on any atom is -0.479 e. The summed E-state index contributed by atoms with van der Waals surface area (Å²) in [4.78, 5) is 0. The lowest BCUT2D eigenvalue weighted by atomic mass is 9.88. The van der Waals surface area contributed by atoms with Crippen LogP contribution in [0, 0.1) is 16.7 Å². The Morgan fingerprint density at radius 1 is 1.53 bits per heavy atom. The molecular weight excluding hydrogens is 256 g/mol. The van der Waals surface area contributed by atoms with Gasteiger partial charge in [0, 0.05) is 23.5 Å². The van der Waals surface area contributed by atoms with Crippen molar-refractivity contribution in [2.45, 2.75) is 26.3 Å². The average molecular weight is 276 g/mol. The highest BCUT2D eigenvalue weighted by Crippen LogP contribution is 2.34. The number of hydrogen-bond acceptors (Lipinski definition) is 4.